The minimum Gasteiger partial charge on any atom is -0.481 e. The minimum absolute atomic E-state index is 0.0426. The largest absolute Gasteiger partial charge is 0.481 e. The number of carboxylic acid groups (broad SMARTS) is 1. The van der Waals surface area contributed by atoms with Gasteiger partial charge in [-0.15, -0.1) is 0 Å². The molecule has 0 saturated heterocycles. The number of hydrogen-bond acceptors (Lipinski definition) is 5. The Bertz CT molecular complexity index is 1340. The van der Waals surface area contributed by atoms with Crippen LogP contribution in [0.1, 0.15) is 50.6 Å². The van der Waals surface area contributed by atoms with Gasteiger partial charge in [0.2, 0.25) is 5.95 Å². The number of fused-ring (bicyclic) bond motifs is 3. The van der Waals surface area contributed by atoms with Gasteiger partial charge in [0.1, 0.15) is 0 Å². The number of aliphatic carboxylic acids is 1. The number of imidazole rings is 1. The molecule has 2 N–H and O–H groups in total. The molecule has 1 saturated carbocycles. The summed E-state index contributed by atoms with van der Waals surface area (Å²) in [6, 6.07) is 7.12. The van der Waals surface area contributed by atoms with Gasteiger partial charge in [-0.1, -0.05) is 6.42 Å². The van der Waals surface area contributed by atoms with Crippen molar-refractivity contribution < 1.29 is 28.2 Å². The van der Waals surface area contributed by atoms with Crippen molar-refractivity contribution >= 4 is 40.4 Å². The number of aryl methyl sites for hydroxylation is 1. The van der Waals surface area contributed by atoms with Crippen molar-refractivity contribution in [3.8, 4) is 0 Å². The zero-order valence-corrected chi connectivity index (χ0v) is 20.1. The molecule has 0 spiro atoms. The van der Waals surface area contributed by atoms with Gasteiger partial charge in [0.25, 0.3) is 0 Å². The van der Waals surface area contributed by atoms with Crippen molar-refractivity contribution in [2.45, 2.75) is 57.5 Å². The predicted octanol–water partition coefficient (Wildman–Crippen LogP) is 5.78. The normalized spacial score (nSPS) is 21.8. The number of ether oxygens (including phenoxy) is 1. The summed E-state index contributed by atoms with van der Waals surface area (Å²) in [5.74, 6) is -2.79. The van der Waals surface area contributed by atoms with Crippen LogP contribution in [0.3, 0.4) is 0 Å². The molecular weight excluding hydrogens is 470 g/mol. The van der Waals surface area contributed by atoms with Crippen LogP contribution in [0.4, 0.5) is 30.9 Å². The number of benzene rings is 2. The van der Waals surface area contributed by atoms with Gasteiger partial charge in [-0.25, -0.2) is 18.6 Å². The summed E-state index contributed by atoms with van der Waals surface area (Å²) >= 11 is 0. The van der Waals surface area contributed by atoms with Crippen LogP contribution in [-0.2, 0) is 16.0 Å². The Labute approximate surface area is 206 Å². The molecule has 1 fully saturated rings. The van der Waals surface area contributed by atoms with Crippen LogP contribution in [0.2, 0.25) is 0 Å². The van der Waals surface area contributed by atoms with Crippen LogP contribution in [0.25, 0.3) is 11.0 Å². The number of hydrogen-bond donors (Lipinski definition) is 2. The van der Waals surface area contributed by atoms with Crippen molar-refractivity contribution in [3.63, 3.8) is 0 Å². The Morgan fingerprint density at radius 3 is 2.67 bits per heavy atom. The molecule has 2 aromatic carbocycles. The second kappa shape index (κ2) is 9.40. The molecule has 0 radical (unpaired) electrons. The number of nitrogens with one attached hydrogen (secondary N) is 1. The van der Waals surface area contributed by atoms with Crippen LogP contribution < -0.4 is 10.2 Å². The molecule has 1 aliphatic carbocycles. The van der Waals surface area contributed by atoms with Gasteiger partial charge >= 0.3 is 12.1 Å². The highest BCUT2D eigenvalue weighted by Crippen LogP contribution is 2.42. The standard InChI is InChI=1S/C26H28F2N4O4/c1-14-6-8-18-21(31(14)26(35)36-2)10-11-22-23(18)30-25(29-16-7-9-19(27)20(28)13-16)32(22)17-5-3-4-15(12-17)24(33)34/h7,9-11,13-15,17H,3-6,8,12H2,1-2H3,(H,29,30)(H,33,34)/t14?,15-,17-/m1/s1. The van der Waals surface area contributed by atoms with Crippen molar-refractivity contribution in [1.29, 1.82) is 0 Å². The fourth-order valence-electron chi connectivity index (χ4n) is 5.56. The summed E-state index contributed by atoms with van der Waals surface area (Å²) in [6.07, 6.45) is 3.56. The fourth-order valence-corrected chi connectivity index (χ4v) is 5.56. The van der Waals surface area contributed by atoms with Crippen molar-refractivity contribution in [2.24, 2.45) is 5.92 Å². The molecule has 190 valence electrons. The van der Waals surface area contributed by atoms with Crippen molar-refractivity contribution in [2.75, 3.05) is 17.3 Å². The third-order valence-corrected chi connectivity index (χ3v) is 7.36. The van der Waals surface area contributed by atoms with Crippen LogP contribution in [0.15, 0.2) is 30.3 Å². The van der Waals surface area contributed by atoms with Gasteiger partial charge in [-0.05, 0) is 63.3 Å². The van der Waals surface area contributed by atoms with E-state index in [1.54, 1.807) is 4.90 Å². The zero-order valence-electron chi connectivity index (χ0n) is 20.1. The Morgan fingerprint density at radius 1 is 1.14 bits per heavy atom. The lowest BCUT2D eigenvalue weighted by molar-refractivity contribution is -0.143. The second-order valence-corrected chi connectivity index (χ2v) is 9.57. The highest BCUT2D eigenvalue weighted by molar-refractivity contribution is 5.96. The molecule has 8 nitrogen and oxygen atoms in total. The van der Waals surface area contributed by atoms with E-state index in [1.165, 1.54) is 13.2 Å². The lowest BCUT2D eigenvalue weighted by atomic mass is 9.85. The van der Waals surface area contributed by atoms with E-state index in [-0.39, 0.29) is 12.1 Å². The number of rotatable bonds is 4. The molecule has 0 bridgehead atoms. The molecule has 36 heavy (non-hydrogen) atoms. The predicted molar refractivity (Wildman–Crippen MR) is 131 cm³/mol. The van der Waals surface area contributed by atoms with E-state index in [2.05, 4.69) is 5.32 Å². The number of anilines is 3. The van der Waals surface area contributed by atoms with Gasteiger partial charge in [0.05, 0.1) is 29.7 Å². The molecule has 1 unspecified atom stereocenters. The maximum Gasteiger partial charge on any atom is 0.414 e. The average Bonchev–Trinajstić information content (AvgIpc) is 3.23. The molecule has 1 aliphatic heterocycles. The maximum absolute atomic E-state index is 13.9. The van der Waals surface area contributed by atoms with E-state index >= 15 is 0 Å². The van der Waals surface area contributed by atoms with Gasteiger partial charge in [0, 0.05) is 29.4 Å². The SMILES string of the molecule is COC(=O)N1c2ccc3c(nc(Nc4ccc(F)c(F)c4)n3[C@@H]3CCC[C@@H](C(=O)O)C3)c2CCC1C. The first-order chi connectivity index (χ1) is 17.3. The highest BCUT2D eigenvalue weighted by Gasteiger charge is 2.34. The molecule has 2 heterocycles. The summed E-state index contributed by atoms with van der Waals surface area (Å²) in [7, 11) is 1.35. The summed E-state index contributed by atoms with van der Waals surface area (Å²) in [5.41, 5.74) is 3.44. The summed E-state index contributed by atoms with van der Waals surface area (Å²) in [5, 5.41) is 12.8. The molecule has 1 amide bonds. The van der Waals surface area contributed by atoms with Crippen molar-refractivity contribution in [3.05, 3.63) is 47.5 Å². The van der Waals surface area contributed by atoms with Gasteiger partial charge in [-0.2, -0.15) is 0 Å². The Hall–Kier alpha value is -3.69. The zero-order chi connectivity index (χ0) is 25.6. The van der Waals surface area contributed by atoms with Crippen LogP contribution in [0.5, 0.6) is 0 Å². The molecule has 3 aromatic rings. The van der Waals surface area contributed by atoms with Crippen molar-refractivity contribution in [1.82, 2.24) is 9.55 Å². The molecule has 2 aliphatic rings. The lowest BCUT2D eigenvalue weighted by Crippen LogP contribution is -2.42. The molecule has 3 atom stereocenters. The fraction of sp³-hybridized carbons (Fsp3) is 0.423. The van der Waals surface area contributed by atoms with Crippen LogP contribution in [-0.4, -0.2) is 39.9 Å². The van der Waals surface area contributed by atoms with E-state index in [0.717, 1.165) is 48.2 Å². The third kappa shape index (κ3) is 4.14. The number of methoxy groups -OCH3 is 1. The minimum atomic E-state index is -0.980. The van der Waals surface area contributed by atoms with Gasteiger partial charge in [0.15, 0.2) is 11.6 Å². The highest BCUT2D eigenvalue weighted by atomic mass is 19.2. The first-order valence-corrected chi connectivity index (χ1v) is 12.1. The number of carbonyl (C=O) groups is 2. The summed E-state index contributed by atoms with van der Waals surface area (Å²) in [4.78, 5) is 30.8. The topological polar surface area (TPSA) is 96.7 Å². The quantitative estimate of drug-likeness (QED) is 0.473. The number of carboxylic acids is 1. The van der Waals surface area contributed by atoms with E-state index in [9.17, 15) is 23.5 Å². The summed E-state index contributed by atoms with van der Waals surface area (Å²) < 4.78 is 34.5. The van der Waals surface area contributed by atoms with Crippen LogP contribution >= 0.6 is 0 Å². The van der Waals surface area contributed by atoms with Crippen LogP contribution in [0, 0.1) is 17.6 Å². The average molecular weight is 499 g/mol. The molecular formula is C26H28F2N4O4. The molecule has 5 rings (SSSR count). The Kier molecular flexibility index (Phi) is 6.27. The smallest absolute Gasteiger partial charge is 0.414 e. The second-order valence-electron chi connectivity index (χ2n) is 9.57. The van der Waals surface area contributed by atoms with E-state index in [1.807, 2.05) is 23.6 Å². The van der Waals surface area contributed by atoms with Gasteiger partial charge in [-0.3, -0.25) is 9.69 Å². The number of nitrogens with zero attached hydrogens (tertiary/aromatic N) is 3. The third-order valence-electron chi connectivity index (χ3n) is 7.36. The number of halogens is 2. The summed E-state index contributed by atoms with van der Waals surface area (Å²) in [6.45, 7) is 1.97. The Balaban J connectivity index is 1.65. The number of carbonyl (C=O) groups excluding carboxylic acids is 1. The number of aromatic nitrogens is 2. The number of amides is 1. The van der Waals surface area contributed by atoms with E-state index in [0.29, 0.717) is 36.4 Å². The Morgan fingerprint density at radius 2 is 1.94 bits per heavy atom. The molecule has 1 aromatic heterocycles. The van der Waals surface area contributed by atoms with Gasteiger partial charge < -0.3 is 19.7 Å². The maximum atomic E-state index is 13.9. The lowest BCUT2D eigenvalue weighted by Gasteiger charge is -2.34. The first-order valence-electron chi connectivity index (χ1n) is 12.1. The first kappa shape index (κ1) is 24.0. The van der Waals surface area contributed by atoms with E-state index < -0.39 is 29.6 Å². The molecule has 10 heteroatoms. The van der Waals surface area contributed by atoms with E-state index in [4.69, 9.17) is 9.72 Å². The monoisotopic (exact) mass is 498 g/mol.